The van der Waals surface area contributed by atoms with E-state index in [4.69, 9.17) is 10.5 Å². The van der Waals surface area contributed by atoms with Crippen molar-refractivity contribution in [3.05, 3.63) is 47.1 Å². The first-order valence-electron chi connectivity index (χ1n) is 6.18. The van der Waals surface area contributed by atoms with Gasteiger partial charge < -0.3 is 4.90 Å². The lowest BCUT2D eigenvalue weighted by atomic mass is 10.1. The van der Waals surface area contributed by atoms with Crippen molar-refractivity contribution in [2.75, 3.05) is 25.2 Å². The predicted molar refractivity (Wildman–Crippen MR) is 78.6 cm³/mol. The third-order valence-corrected chi connectivity index (χ3v) is 2.90. The SMILES string of the molecule is CC(/C=C/c1ccc(N(C)CC[18F])cc1)=C(C#N)C#N. The molecule has 0 atom stereocenters. The third kappa shape index (κ3) is 4.26. The highest BCUT2D eigenvalue weighted by Gasteiger charge is 2.00. The molecule has 0 aliphatic heterocycles. The minimum absolute atomic E-state index is 0.112. The van der Waals surface area contributed by atoms with Crippen LogP contribution in [0.15, 0.2) is 41.5 Å². The first kappa shape index (κ1) is 15.5. The quantitative estimate of drug-likeness (QED) is 0.607. The molecule has 0 radical (unpaired) electrons. The van der Waals surface area contributed by atoms with Crippen molar-refractivity contribution in [1.82, 2.24) is 0 Å². The zero-order valence-corrected chi connectivity index (χ0v) is 11.6. The summed E-state index contributed by atoms with van der Waals surface area (Å²) in [6.45, 7) is 1.71. The Hall–Kier alpha value is -2.59. The molecule has 1 aromatic rings. The second-order valence-corrected chi connectivity index (χ2v) is 4.32. The van der Waals surface area contributed by atoms with Crippen LogP contribution < -0.4 is 4.90 Å². The molecule has 0 saturated heterocycles. The smallest absolute Gasteiger partial charge is 0.132 e. The summed E-state index contributed by atoms with van der Waals surface area (Å²) in [6, 6.07) is 11.3. The van der Waals surface area contributed by atoms with E-state index in [0.717, 1.165) is 11.3 Å². The fraction of sp³-hybridized carbons (Fsp3) is 0.250. The van der Waals surface area contributed by atoms with Crippen molar-refractivity contribution in [2.24, 2.45) is 0 Å². The van der Waals surface area contributed by atoms with Gasteiger partial charge in [-0.1, -0.05) is 24.3 Å². The summed E-state index contributed by atoms with van der Waals surface area (Å²) in [5, 5.41) is 17.5. The molecule has 0 bridgehead atoms. The van der Waals surface area contributed by atoms with E-state index in [2.05, 4.69) is 0 Å². The number of anilines is 1. The summed E-state index contributed by atoms with van der Waals surface area (Å²) in [5.74, 6) is 0. The molecule has 1 rings (SSSR count). The molecule has 0 spiro atoms. The average molecular weight is 268 g/mol. The Kier molecular flexibility index (Phi) is 6.00. The Balaban J connectivity index is 2.84. The molecule has 0 aliphatic carbocycles. The lowest BCUT2D eigenvalue weighted by molar-refractivity contribution is 0.497. The number of nitriles is 2. The van der Waals surface area contributed by atoms with Gasteiger partial charge in [0.05, 0.1) is 0 Å². The third-order valence-electron chi connectivity index (χ3n) is 2.90. The van der Waals surface area contributed by atoms with Crippen LogP contribution in [0.25, 0.3) is 6.08 Å². The van der Waals surface area contributed by atoms with Crippen molar-refractivity contribution >= 4 is 11.8 Å². The van der Waals surface area contributed by atoms with Crippen molar-refractivity contribution in [3.8, 4) is 12.1 Å². The molecule has 0 fully saturated rings. The summed E-state index contributed by atoms with van der Waals surface area (Å²) in [7, 11) is 1.84. The number of rotatable bonds is 5. The fourth-order valence-electron chi connectivity index (χ4n) is 1.60. The average Bonchev–Trinajstić information content (AvgIpc) is 2.47. The second kappa shape index (κ2) is 7.76. The van der Waals surface area contributed by atoms with Crippen LogP contribution in [-0.2, 0) is 0 Å². The molecule has 102 valence electrons. The number of nitrogens with zero attached hydrogens (tertiary/aromatic N) is 3. The van der Waals surface area contributed by atoms with Crippen LogP contribution in [0, 0.1) is 22.7 Å². The predicted octanol–water partition coefficient (Wildman–Crippen LogP) is 3.47. The lowest BCUT2D eigenvalue weighted by Crippen LogP contribution is -2.19. The van der Waals surface area contributed by atoms with E-state index in [9.17, 15) is 4.39 Å². The summed E-state index contributed by atoms with van der Waals surface area (Å²) in [6.07, 6.45) is 3.57. The maximum Gasteiger partial charge on any atom is 0.132 e. The van der Waals surface area contributed by atoms with E-state index in [1.807, 2.05) is 54.4 Å². The number of hydrogen-bond donors (Lipinski definition) is 0. The zero-order chi connectivity index (χ0) is 15.0. The van der Waals surface area contributed by atoms with Gasteiger partial charge in [0.15, 0.2) is 0 Å². The standard InChI is InChI=1S/C16H16FN3/c1-13(15(11-18)12-19)3-4-14-5-7-16(8-6-14)20(2)10-9-17/h3-8H,9-10H2,1-2H3/b4-3+/i17-1. The molecule has 20 heavy (non-hydrogen) atoms. The monoisotopic (exact) mass is 268 g/mol. The van der Waals surface area contributed by atoms with Gasteiger partial charge in [0.2, 0.25) is 0 Å². The van der Waals surface area contributed by atoms with E-state index in [0.29, 0.717) is 12.1 Å². The Morgan fingerprint density at radius 1 is 1.25 bits per heavy atom. The van der Waals surface area contributed by atoms with Gasteiger partial charge in [0, 0.05) is 19.3 Å². The summed E-state index contributed by atoms with van der Waals surface area (Å²) in [5.41, 5.74) is 2.65. The van der Waals surface area contributed by atoms with Gasteiger partial charge in [-0.05, 0) is 30.2 Å². The van der Waals surface area contributed by atoms with Crippen LogP contribution in [0.3, 0.4) is 0 Å². The van der Waals surface area contributed by atoms with Gasteiger partial charge in [-0.2, -0.15) is 10.5 Å². The van der Waals surface area contributed by atoms with Crippen molar-refractivity contribution < 1.29 is 4.39 Å². The zero-order valence-electron chi connectivity index (χ0n) is 11.6. The Morgan fingerprint density at radius 2 is 1.85 bits per heavy atom. The molecule has 0 unspecified atom stereocenters. The molecular weight excluding hydrogens is 252 g/mol. The first-order valence-corrected chi connectivity index (χ1v) is 6.18. The van der Waals surface area contributed by atoms with Gasteiger partial charge in [-0.3, -0.25) is 0 Å². The number of hydrogen-bond acceptors (Lipinski definition) is 3. The maximum atomic E-state index is 12.3. The second-order valence-electron chi connectivity index (χ2n) is 4.32. The molecule has 1 aromatic carbocycles. The van der Waals surface area contributed by atoms with Crippen LogP contribution in [0.2, 0.25) is 0 Å². The molecule has 3 nitrogen and oxygen atoms in total. The molecule has 0 amide bonds. The first-order chi connectivity index (χ1) is 9.62. The molecule has 0 saturated carbocycles. The normalized spacial score (nSPS) is 9.85. The van der Waals surface area contributed by atoms with Crippen LogP contribution in [-0.4, -0.2) is 20.3 Å². The highest BCUT2D eigenvalue weighted by molar-refractivity contribution is 5.59. The van der Waals surface area contributed by atoms with Crippen LogP contribution in [0.1, 0.15) is 12.5 Å². The summed E-state index contributed by atoms with van der Waals surface area (Å²) < 4.78 is 12.3. The Bertz CT molecular complexity index is 570. The Labute approximate surface area is 118 Å². The number of halogens is 1. The highest BCUT2D eigenvalue weighted by atomic mass is 18.2. The molecule has 0 N–H and O–H groups in total. The van der Waals surface area contributed by atoms with Gasteiger partial charge in [-0.15, -0.1) is 0 Å². The van der Waals surface area contributed by atoms with Gasteiger partial charge in [0.25, 0.3) is 0 Å². The molecule has 4 heteroatoms. The minimum Gasteiger partial charge on any atom is -0.372 e. The van der Waals surface area contributed by atoms with Crippen LogP contribution in [0.5, 0.6) is 0 Å². The van der Waals surface area contributed by atoms with Gasteiger partial charge in [-0.25, -0.2) is 4.39 Å². The maximum absolute atomic E-state index is 12.3. The summed E-state index contributed by atoms with van der Waals surface area (Å²) >= 11 is 0. The van der Waals surface area contributed by atoms with Crippen LogP contribution in [0.4, 0.5) is 10.1 Å². The van der Waals surface area contributed by atoms with Crippen molar-refractivity contribution in [3.63, 3.8) is 0 Å². The Morgan fingerprint density at radius 3 is 2.35 bits per heavy atom. The van der Waals surface area contributed by atoms with E-state index in [1.165, 1.54) is 0 Å². The number of benzene rings is 1. The van der Waals surface area contributed by atoms with Crippen molar-refractivity contribution in [1.29, 1.82) is 10.5 Å². The summed E-state index contributed by atoms with van der Waals surface area (Å²) in [4.78, 5) is 1.84. The minimum atomic E-state index is -0.382. The topological polar surface area (TPSA) is 50.8 Å². The van der Waals surface area contributed by atoms with E-state index < -0.39 is 0 Å². The lowest BCUT2D eigenvalue weighted by Gasteiger charge is -2.17. The number of allylic oxidation sites excluding steroid dienone is 3. The molecule has 0 aliphatic rings. The molecule has 0 heterocycles. The number of alkyl halides is 1. The van der Waals surface area contributed by atoms with Crippen LogP contribution >= 0.6 is 0 Å². The molecular formula is C16H16FN3. The largest absolute Gasteiger partial charge is 0.372 e. The van der Waals surface area contributed by atoms with Gasteiger partial charge >= 0.3 is 0 Å². The molecule has 0 aromatic heterocycles. The van der Waals surface area contributed by atoms with Crippen molar-refractivity contribution in [2.45, 2.75) is 6.92 Å². The fourth-order valence-corrected chi connectivity index (χ4v) is 1.60. The van der Waals surface area contributed by atoms with E-state index in [1.54, 1.807) is 13.0 Å². The van der Waals surface area contributed by atoms with Gasteiger partial charge in [0.1, 0.15) is 24.4 Å². The highest BCUT2D eigenvalue weighted by Crippen LogP contribution is 2.15. The van der Waals surface area contributed by atoms with E-state index >= 15 is 0 Å². The van der Waals surface area contributed by atoms with E-state index in [-0.39, 0.29) is 12.2 Å².